The third kappa shape index (κ3) is 2.14. The lowest BCUT2D eigenvalue weighted by molar-refractivity contribution is 0.102. The van der Waals surface area contributed by atoms with Crippen LogP contribution in [0, 0.1) is 6.92 Å². The number of alkyl halides is 1. The van der Waals surface area contributed by atoms with Gasteiger partial charge in [-0.2, -0.15) is 0 Å². The number of ketones is 1. The highest BCUT2D eigenvalue weighted by atomic mass is 35.5. The SMILES string of the molecule is Cc1cc(N)c(Cl)cc1C(=O)CCl. The molecular formula is C9H9Cl2NO. The van der Waals surface area contributed by atoms with Crippen LogP contribution in [0.15, 0.2) is 12.1 Å². The van der Waals surface area contributed by atoms with Crippen molar-refractivity contribution in [2.75, 3.05) is 11.6 Å². The van der Waals surface area contributed by atoms with Gasteiger partial charge in [-0.25, -0.2) is 0 Å². The maximum atomic E-state index is 11.3. The molecule has 0 aliphatic heterocycles. The molecule has 1 aromatic carbocycles. The highest BCUT2D eigenvalue weighted by Gasteiger charge is 2.09. The number of halogens is 2. The molecule has 4 heteroatoms. The second kappa shape index (κ2) is 3.99. The van der Waals surface area contributed by atoms with Crippen molar-refractivity contribution >= 4 is 34.7 Å². The Bertz CT molecular complexity index is 350. The molecule has 0 heterocycles. The summed E-state index contributed by atoms with van der Waals surface area (Å²) in [5.41, 5.74) is 7.37. The molecule has 1 rings (SSSR count). The quantitative estimate of drug-likeness (QED) is 0.471. The Morgan fingerprint density at radius 3 is 2.69 bits per heavy atom. The van der Waals surface area contributed by atoms with E-state index in [2.05, 4.69) is 0 Å². The van der Waals surface area contributed by atoms with Crippen LogP contribution in [0.5, 0.6) is 0 Å². The Labute approximate surface area is 86.6 Å². The van der Waals surface area contributed by atoms with Crippen LogP contribution in [0.3, 0.4) is 0 Å². The van der Waals surface area contributed by atoms with E-state index in [1.807, 2.05) is 0 Å². The Kier molecular flexibility index (Phi) is 3.17. The Hall–Kier alpha value is -0.730. The zero-order chi connectivity index (χ0) is 10.0. The van der Waals surface area contributed by atoms with Crippen LogP contribution in [0.4, 0.5) is 5.69 Å². The molecule has 70 valence electrons. The van der Waals surface area contributed by atoms with E-state index in [4.69, 9.17) is 28.9 Å². The molecule has 0 unspecified atom stereocenters. The molecule has 0 saturated carbocycles. The third-order valence-electron chi connectivity index (χ3n) is 1.77. The van der Waals surface area contributed by atoms with Crippen molar-refractivity contribution in [3.05, 3.63) is 28.3 Å². The maximum Gasteiger partial charge on any atom is 0.177 e. The van der Waals surface area contributed by atoms with Crippen molar-refractivity contribution in [3.8, 4) is 0 Å². The fraction of sp³-hybridized carbons (Fsp3) is 0.222. The maximum absolute atomic E-state index is 11.3. The van der Waals surface area contributed by atoms with Gasteiger partial charge in [0.1, 0.15) is 0 Å². The first-order valence-electron chi connectivity index (χ1n) is 3.71. The van der Waals surface area contributed by atoms with Crippen LogP contribution in [0.1, 0.15) is 15.9 Å². The number of carbonyl (C=O) groups is 1. The standard InChI is InChI=1S/C9H9Cl2NO/c1-5-2-8(12)7(11)3-6(5)9(13)4-10/h2-3H,4,12H2,1H3. The topological polar surface area (TPSA) is 43.1 Å². The summed E-state index contributed by atoms with van der Waals surface area (Å²) in [7, 11) is 0. The average Bonchev–Trinajstić information content (AvgIpc) is 2.10. The number of rotatable bonds is 2. The number of nitrogens with two attached hydrogens (primary N) is 1. The lowest BCUT2D eigenvalue weighted by Crippen LogP contribution is -2.04. The van der Waals surface area contributed by atoms with Crippen LogP contribution in [-0.4, -0.2) is 11.7 Å². The molecule has 0 aliphatic rings. The summed E-state index contributed by atoms with van der Waals surface area (Å²) in [4.78, 5) is 11.3. The summed E-state index contributed by atoms with van der Waals surface area (Å²) in [6.45, 7) is 1.80. The van der Waals surface area contributed by atoms with Gasteiger partial charge in [-0.15, -0.1) is 11.6 Å². The van der Waals surface area contributed by atoms with Gasteiger partial charge in [0, 0.05) is 5.56 Å². The Morgan fingerprint density at radius 1 is 1.54 bits per heavy atom. The lowest BCUT2D eigenvalue weighted by atomic mass is 10.1. The predicted octanol–water partition coefficient (Wildman–Crippen LogP) is 2.65. The number of benzene rings is 1. The minimum Gasteiger partial charge on any atom is -0.398 e. The molecule has 13 heavy (non-hydrogen) atoms. The molecule has 0 fully saturated rings. The summed E-state index contributed by atoms with van der Waals surface area (Å²) < 4.78 is 0. The van der Waals surface area contributed by atoms with E-state index in [9.17, 15) is 4.79 Å². The molecule has 0 saturated heterocycles. The lowest BCUT2D eigenvalue weighted by Gasteiger charge is -2.05. The van der Waals surface area contributed by atoms with Gasteiger partial charge in [0.05, 0.1) is 16.6 Å². The van der Waals surface area contributed by atoms with Crippen molar-refractivity contribution in [1.82, 2.24) is 0 Å². The summed E-state index contributed by atoms with van der Waals surface area (Å²) in [5.74, 6) is -0.178. The molecule has 0 bridgehead atoms. The minimum absolute atomic E-state index is 0.0406. The van der Waals surface area contributed by atoms with Crippen molar-refractivity contribution in [2.24, 2.45) is 0 Å². The van der Waals surface area contributed by atoms with Crippen LogP contribution in [0.2, 0.25) is 5.02 Å². The molecule has 0 spiro atoms. The number of Topliss-reactive ketones (excluding diaryl/α,β-unsaturated/α-hetero) is 1. The number of aryl methyl sites for hydroxylation is 1. The molecule has 0 radical (unpaired) electrons. The fourth-order valence-electron chi connectivity index (χ4n) is 1.08. The number of hydrogen-bond acceptors (Lipinski definition) is 2. The smallest absolute Gasteiger partial charge is 0.177 e. The van der Waals surface area contributed by atoms with E-state index in [1.165, 1.54) is 0 Å². The number of hydrogen-bond donors (Lipinski definition) is 1. The van der Waals surface area contributed by atoms with E-state index in [1.54, 1.807) is 19.1 Å². The molecule has 0 aliphatic carbocycles. The van der Waals surface area contributed by atoms with Gasteiger partial charge in [-0.3, -0.25) is 4.79 Å². The van der Waals surface area contributed by atoms with Crippen LogP contribution < -0.4 is 5.73 Å². The second-order valence-corrected chi connectivity index (χ2v) is 3.42. The van der Waals surface area contributed by atoms with Crippen molar-refractivity contribution in [2.45, 2.75) is 6.92 Å². The largest absolute Gasteiger partial charge is 0.398 e. The zero-order valence-electron chi connectivity index (χ0n) is 7.10. The highest BCUT2D eigenvalue weighted by Crippen LogP contribution is 2.23. The van der Waals surface area contributed by atoms with Gasteiger partial charge in [-0.05, 0) is 24.6 Å². The predicted molar refractivity (Wildman–Crippen MR) is 55.7 cm³/mol. The van der Waals surface area contributed by atoms with Gasteiger partial charge < -0.3 is 5.73 Å². The Balaban J connectivity index is 3.23. The summed E-state index contributed by atoms with van der Waals surface area (Å²) in [6, 6.07) is 3.22. The van der Waals surface area contributed by atoms with E-state index < -0.39 is 0 Å². The average molecular weight is 218 g/mol. The summed E-state index contributed by atoms with van der Waals surface area (Å²) >= 11 is 11.2. The first-order valence-corrected chi connectivity index (χ1v) is 4.62. The molecular weight excluding hydrogens is 209 g/mol. The first kappa shape index (κ1) is 10.4. The van der Waals surface area contributed by atoms with Gasteiger partial charge >= 0.3 is 0 Å². The minimum atomic E-state index is -0.138. The van der Waals surface area contributed by atoms with E-state index in [-0.39, 0.29) is 11.7 Å². The molecule has 1 aromatic rings. The molecule has 0 aromatic heterocycles. The fourth-order valence-corrected chi connectivity index (χ4v) is 1.38. The number of anilines is 1. The van der Waals surface area contributed by atoms with Crippen LogP contribution in [0.25, 0.3) is 0 Å². The summed E-state index contributed by atoms with van der Waals surface area (Å²) in [6.07, 6.45) is 0. The number of carbonyl (C=O) groups excluding carboxylic acids is 1. The van der Waals surface area contributed by atoms with Gasteiger partial charge in [0.2, 0.25) is 0 Å². The van der Waals surface area contributed by atoms with E-state index >= 15 is 0 Å². The normalized spacial score (nSPS) is 10.1. The van der Waals surface area contributed by atoms with Crippen LogP contribution in [-0.2, 0) is 0 Å². The van der Waals surface area contributed by atoms with Crippen LogP contribution >= 0.6 is 23.2 Å². The van der Waals surface area contributed by atoms with Crippen molar-refractivity contribution < 1.29 is 4.79 Å². The highest BCUT2D eigenvalue weighted by molar-refractivity contribution is 6.34. The van der Waals surface area contributed by atoms with Gasteiger partial charge in [0.15, 0.2) is 5.78 Å². The summed E-state index contributed by atoms with van der Waals surface area (Å²) in [5, 5.41) is 0.388. The van der Waals surface area contributed by atoms with Gasteiger partial charge in [-0.1, -0.05) is 11.6 Å². The monoisotopic (exact) mass is 217 g/mol. The van der Waals surface area contributed by atoms with E-state index in [0.717, 1.165) is 5.56 Å². The number of nitrogen functional groups attached to an aromatic ring is 1. The first-order chi connectivity index (χ1) is 6.06. The second-order valence-electron chi connectivity index (χ2n) is 2.75. The third-order valence-corrected chi connectivity index (χ3v) is 2.34. The molecule has 0 amide bonds. The van der Waals surface area contributed by atoms with Gasteiger partial charge in [0.25, 0.3) is 0 Å². The van der Waals surface area contributed by atoms with E-state index in [0.29, 0.717) is 16.3 Å². The Morgan fingerprint density at radius 2 is 2.15 bits per heavy atom. The molecule has 2 N–H and O–H groups in total. The van der Waals surface area contributed by atoms with Crippen molar-refractivity contribution in [1.29, 1.82) is 0 Å². The molecule has 0 atom stereocenters. The zero-order valence-corrected chi connectivity index (χ0v) is 8.62. The molecule has 2 nitrogen and oxygen atoms in total. The van der Waals surface area contributed by atoms with Crippen molar-refractivity contribution in [3.63, 3.8) is 0 Å².